The molecule has 0 radical (unpaired) electrons. The molecule has 1 aliphatic carbocycles. The zero-order valence-corrected chi connectivity index (χ0v) is 6.95. The standard InChI is InChI=1S/C9H14N2/c1-11-7-6-9(10-11)8-4-2-3-5-8/h6-8H,2-5H2,1H3. The predicted octanol–water partition coefficient (Wildman–Crippen LogP) is 2.08. The van der Waals surface area contributed by atoms with Crippen LogP contribution < -0.4 is 0 Å². The average molecular weight is 150 g/mol. The Labute approximate surface area is 67.2 Å². The lowest BCUT2D eigenvalue weighted by Gasteiger charge is -2.02. The highest BCUT2D eigenvalue weighted by atomic mass is 15.2. The van der Waals surface area contributed by atoms with Crippen LogP contribution in [0.1, 0.15) is 37.3 Å². The number of hydrogen-bond donors (Lipinski definition) is 0. The summed E-state index contributed by atoms with van der Waals surface area (Å²) in [6.07, 6.45) is 7.50. The van der Waals surface area contributed by atoms with E-state index in [0.717, 1.165) is 5.92 Å². The van der Waals surface area contributed by atoms with Gasteiger partial charge in [-0.05, 0) is 18.9 Å². The molecule has 1 saturated carbocycles. The number of hydrogen-bond acceptors (Lipinski definition) is 1. The number of rotatable bonds is 1. The Bertz CT molecular complexity index is 233. The molecule has 0 unspecified atom stereocenters. The van der Waals surface area contributed by atoms with Gasteiger partial charge in [0, 0.05) is 19.2 Å². The first kappa shape index (κ1) is 6.89. The van der Waals surface area contributed by atoms with Crippen LogP contribution >= 0.6 is 0 Å². The second-order valence-electron chi connectivity index (χ2n) is 3.40. The monoisotopic (exact) mass is 150 g/mol. The molecule has 60 valence electrons. The predicted molar refractivity (Wildman–Crippen MR) is 44.4 cm³/mol. The van der Waals surface area contributed by atoms with Crippen molar-refractivity contribution in [2.45, 2.75) is 31.6 Å². The maximum absolute atomic E-state index is 4.41. The molecule has 1 heterocycles. The molecule has 0 N–H and O–H groups in total. The molecular weight excluding hydrogens is 136 g/mol. The van der Waals surface area contributed by atoms with E-state index in [0.29, 0.717) is 0 Å². The molecule has 1 aromatic heterocycles. The maximum Gasteiger partial charge on any atom is 0.0655 e. The lowest BCUT2D eigenvalue weighted by atomic mass is 10.1. The first-order chi connectivity index (χ1) is 5.36. The van der Waals surface area contributed by atoms with Crippen LogP contribution in [-0.2, 0) is 7.05 Å². The Morgan fingerprint density at radius 3 is 2.73 bits per heavy atom. The van der Waals surface area contributed by atoms with Crippen molar-refractivity contribution in [1.82, 2.24) is 9.78 Å². The lowest BCUT2D eigenvalue weighted by Crippen LogP contribution is -1.95. The van der Waals surface area contributed by atoms with Crippen LogP contribution in [-0.4, -0.2) is 9.78 Å². The van der Waals surface area contributed by atoms with Gasteiger partial charge in [0.25, 0.3) is 0 Å². The Morgan fingerprint density at radius 2 is 2.18 bits per heavy atom. The quantitative estimate of drug-likeness (QED) is 0.599. The Kier molecular flexibility index (Phi) is 1.68. The van der Waals surface area contributed by atoms with Crippen molar-refractivity contribution in [2.24, 2.45) is 7.05 Å². The van der Waals surface area contributed by atoms with Crippen LogP contribution in [0.2, 0.25) is 0 Å². The zero-order chi connectivity index (χ0) is 7.68. The van der Waals surface area contributed by atoms with E-state index in [9.17, 15) is 0 Å². The normalized spacial score (nSPS) is 19.4. The Hall–Kier alpha value is -0.790. The fourth-order valence-electron chi connectivity index (χ4n) is 1.87. The fraction of sp³-hybridized carbons (Fsp3) is 0.667. The summed E-state index contributed by atoms with van der Waals surface area (Å²) in [7, 11) is 1.98. The SMILES string of the molecule is Cn1ccc(C2CCCC2)n1. The van der Waals surface area contributed by atoms with Crippen LogP contribution in [0, 0.1) is 0 Å². The van der Waals surface area contributed by atoms with Gasteiger partial charge in [0.05, 0.1) is 5.69 Å². The highest BCUT2D eigenvalue weighted by Crippen LogP contribution is 2.32. The van der Waals surface area contributed by atoms with E-state index < -0.39 is 0 Å². The minimum Gasteiger partial charge on any atom is -0.276 e. The Morgan fingerprint density at radius 1 is 1.45 bits per heavy atom. The molecular formula is C9H14N2. The van der Waals surface area contributed by atoms with Crippen molar-refractivity contribution in [3.63, 3.8) is 0 Å². The second kappa shape index (κ2) is 2.68. The van der Waals surface area contributed by atoms with E-state index >= 15 is 0 Å². The highest BCUT2D eigenvalue weighted by Gasteiger charge is 2.18. The van der Waals surface area contributed by atoms with Gasteiger partial charge in [-0.1, -0.05) is 12.8 Å². The molecule has 2 nitrogen and oxygen atoms in total. The van der Waals surface area contributed by atoms with Gasteiger partial charge in [0.2, 0.25) is 0 Å². The molecule has 2 rings (SSSR count). The first-order valence-electron chi connectivity index (χ1n) is 4.36. The molecule has 1 aliphatic rings. The molecule has 0 spiro atoms. The van der Waals surface area contributed by atoms with Gasteiger partial charge in [-0.25, -0.2) is 0 Å². The van der Waals surface area contributed by atoms with Crippen LogP contribution in [0.15, 0.2) is 12.3 Å². The van der Waals surface area contributed by atoms with Crippen molar-refractivity contribution >= 4 is 0 Å². The van der Waals surface area contributed by atoms with E-state index in [1.807, 2.05) is 17.9 Å². The molecule has 0 aliphatic heterocycles. The Balaban J connectivity index is 2.15. The van der Waals surface area contributed by atoms with Gasteiger partial charge in [-0.2, -0.15) is 5.10 Å². The first-order valence-corrected chi connectivity index (χ1v) is 4.36. The summed E-state index contributed by atoms with van der Waals surface area (Å²) in [6, 6.07) is 2.15. The van der Waals surface area contributed by atoms with E-state index in [1.165, 1.54) is 31.4 Å². The van der Waals surface area contributed by atoms with E-state index in [2.05, 4.69) is 11.2 Å². The number of nitrogens with zero attached hydrogens (tertiary/aromatic N) is 2. The highest BCUT2D eigenvalue weighted by molar-refractivity contribution is 5.07. The summed E-state index contributed by atoms with van der Waals surface area (Å²) in [6.45, 7) is 0. The molecule has 0 aromatic carbocycles. The van der Waals surface area contributed by atoms with Crippen molar-refractivity contribution in [2.75, 3.05) is 0 Å². The third kappa shape index (κ3) is 1.30. The van der Waals surface area contributed by atoms with Crippen LogP contribution in [0.25, 0.3) is 0 Å². The molecule has 11 heavy (non-hydrogen) atoms. The van der Waals surface area contributed by atoms with Crippen molar-refractivity contribution in [1.29, 1.82) is 0 Å². The molecule has 1 fully saturated rings. The van der Waals surface area contributed by atoms with Crippen molar-refractivity contribution < 1.29 is 0 Å². The molecule has 0 bridgehead atoms. The minimum absolute atomic E-state index is 0.760. The smallest absolute Gasteiger partial charge is 0.0655 e. The molecule has 0 saturated heterocycles. The van der Waals surface area contributed by atoms with E-state index in [-0.39, 0.29) is 0 Å². The second-order valence-corrected chi connectivity index (χ2v) is 3.40. The molecule has 0 atom stereocenters. The van der Waals surface area contributed by atoms with Gasteiger partial charge in [-0.15, -0.1) is 0 Å². The summed E-state index contributed by atoms with van der Waals surface area (Å²) in [5, 5.41) is 4.41. The van der Waals surface area contributed by atoms with E-state index in [4.69, 9.17) is 0 Å². The molecule has 1 aromatic rings. The van der Waals surface area contributed by atoms with E-state index in [1.54, 1.807) is 0 Å². The van der Waals surface area contributed by atoms with Gasteiger partial charge in [0.1, 0.15) is 0 Å². The van der Waals surface area contributed by atoms with Crippen molar-refractivity contribution in [3.8, 4) is 0 Å². The van der Waals surface area contributed by atoms with Gasteiger partial charge in [-0.3, -0.25) is 4.68 Å². The summed E-state index contributed by atoms with van der Waals surface area (Å²) >= 11 is 0. The van der Waals surface area contributed by atoms with Gasteiger partial charge >= 0.3 is 0 Å². The molecule has 0 amide bonds. The van der Waals surface area contributed by atoms with Crippen molar-refractivity contribution in [3.05, 3.63) is 18.0 Å². The average Bonchev–Trinajstić information content (AvgIpc) is 2.55. The van der Waals surface area contributed by atoms with Crippen LogP contribution in [0.5, 0.6) is 0 Å². The van der Waals surface area contributed by atoms with Gasteiger partial charge in [0.15, 0.2) is 0 Å². The zero-order valence-electron chi connectivity index (χ0n) is 6.95. The summed E-state index contributed by atoms with van der Waals surface area (Å²) in [4.78, 5) is 0. The molecule has 2 heteroatoms. The summed E-state index contributed by atoms with van der Waals surface area (Å²) < 4.78 is 1.90. The lowest BCUT2D eigenvalue weighted by molar-refractivity contribution is 0.658. The third-order valence-electron chi connectivity index (χ3n) is 2.51. The minimum atomic E-state index is 0.760. The summed E-state index contributed by atoms with van der Waals surface area (Å²) in [5.41, 5.74) is 1.30. The number of aryl methyl sites for hydroxylation is 1. The third-order valence-corrected chi connectivity index (χ3v) is 2.51. The summed E-state index contributed by atoms with van der Waals surface area (Å²) in [5.74, 6) is 0.760. The largest absolute Gasteiger partial charge is 0.276 e. The van der Waals surface area contributed by atoms with Crippen LogP contribution in [0.3, 0.4) is 0 Å². The topological polar surface area (TPSA) is 17.8 Å². The van der Waals surface area contributed by atoms with Gasteiger partial charge < -0.3 is 0 Å². The number of aromatic nitrogens is 2. The fourth-order valence-corrected chi connectivity index (χ4v) is 1.87. The maximum atomic E-state index is 4.41. The van der Waals surface area contributed by atoms with Crippen LogP contribution in [0.4, 0.5) is 0 Å².